The Kier molecular flexibility index (Phi) is 6.80. The van der Waals surface area contributed by atoms with E-state index in [2.05, 4.69) is 19.2 Å². The van der Waals surface area contributed by atoms with Gasteiger partial charge >= 0.3 is 0 Å². The van der Waals surface area contributed by atoms with Crippen LogP contribution >= 0.6 is 0 Å². The molecule has 0 amide bonds. The minimum atomic E-state index is -1.68. The van der Waals surface area contributed by atoms with Gasteiger partial charge in [-0.1, -0.05) is 13.8 Å². The zero-order valence-corrected chi connectivity index (χ0v) is 20.4. The third-order valence-corrected chi connectivity index (χ3v) is 9.08. The van der Waals surface area contributed by atoms with Crippen molar-refractivity contribution < 1.29 is 50.0 Å². The summed E-state index contributed by atoms with van der Waals surface area (Å²) in [5.74, 6) is 0.607. The lowest BCUT2D eigenvalue weighted by Crippen LogP contribution is -2.71. The molecule has 0 aromatic rings. The molecule has 6 fully saturated rings. The van der Waals surface area contributed by atoms with Crippen LogP contribution in [0.5, 0.6) is 0 Å². The number of rotatable bonds is 6. The van der Waals surface area contributed by atoms with E-state index in [0.717, 1.165) is 19.3 Å². The van der Waals surface area contributed by atoms with Gasteiger partial charge in [-0.05, 0) is 55.3 Å². The summed E-state index contributed by atoms with van der Waals surface area (Å²) in [6.07, 6.45) is -7.26. The Hall–Kier alpha value is -0.440. The predicted octanol–water partition coefficient (Wildman–Crippen LogP) is -2.05. The van der Waals surface area contributed by atoms with Crippen molar-refractivity contribution in [1.82, 2.24) is 5.32 Å². The first kappa shape index (κ1) is 26.2. The van der Waals surface area contributed by atoms with E-state index in [4.69, 9.17) is 14.2 Å². The first-order chi connectivity index (χ1) is 16.4. The normalized spacial score (nSPS) is 58.0. The highest BCUT2D eigenvalue weighted by Gasteiger charge is 2.61. The number of nitrogens with one attached hydrogen (secondary N) is 1. The second-order valence-electron chi connectivity index (χ2n) is 12.6. The summed E-state index contributed by atoms with van der Waals surface area (Å²) < 4.78 is 17.1. The van der Waals surface area contributed by atoms with Crippen LogP contribution in [0.2, 0.25) is 0 Å². The summed E-state index contributed by atoms with van der Waals surface area (Å²) in [6.45, 7) is 3.50. The lowest BCUT2D eigenvalue weighted by atomic mass is 9.42. The SMILES string of the molecule is C[C@]12CC3CC(N[C@@H]4O[C@@H](CO)[C@@H](O[C@@H]5O[C@@H](CO)[C@H](O)[C@H](O)[C@H]5O)[C@H](O)[C@H]4O)(C1)C[C@](C)(C3)C2. The molecule has 11 heteroatoms. The van der Waals surface area contributed by atoms with E-state index >= 15 is 0 Å². The Labute approximate surface area is 205 Å². The quantitative estimate of drug-likeness (QED) is 0.200. The maximum absolute atomic E-state index is 11.0. The molecular weight excluding hydrogens is 462 g/mol. The summed E-state index contributed by atoms with van der Waals surface area (Å²) >= 11 is 0. The molecule has 4 aliphatic carbocycles. The average Bonchev–Trinajstić information content (AvgIpc) is 2.76. The van der Waals surface area contributed by atoms with E-state index in [1.807, 2.05) is 0 Å². The highest BCUT2D eigenvalue weighted by atomic mass is 16.7. The minimum absolute atomic E-state index is 0.223. The molecule has 6 aliphatic rings. The Balaban J connectivity index is 1.30. The van der Waals surface area contributed by atoms with Crippen molar-refractivity contribution in [3.63, 3.8) is 0 Å². The first-order valence-electron chi connectivity index (χ1n) is 12.8. The van der Waals surface area contributed by atoms with Crippen molar-refractivity contribution in [2.45, 2.75) is 119 Å². The zero-order valence-electron chi connectivity index (χ0n) is 20.4. The third-order valence-electron chi connectivity index (χ3n) is 9.08. The second-order valence-corrected chi connectivity index (χ2v) is 12.6. The number of ether oxygens (including phenoxy) is 3. The van der Waals surface area contributed by atoms with Gasteiger partial charge in [-0.3, -0.25) is 5.32 Å². The molecule has 2 heterocycles. The highest BCUT2D eigenvalue weighted by molar-refractivity contribution is 5.15. The topological polar surface area (TPSA) is 181 Å². The van der Waals surface area contributed by atoms with Gasteiger partial charge in [0.1, 0.15) is 55.1 Å². The molecule has 6 rings (SSSR count). The summed E-state index contributed by atoms with van der Waals surface area (Å²) in [6, 6.07) is 0. The summed E-state index contributed by atoms with van der Waals surface area (Å²) in [5.41, 5.74) is 0.230. The van der Waals surface area contributed by atoms with E-state index in [9.17, 15) is 35.7 Å². The summed E-state index contributed by atoms with van der Waals surface area (Å²) in [4.78, 5) is 0. The molecule has 0 spiro atoms. The van der Waals surface area contributed by atoms with Gasteiger partial charge in [0.25, 0.3) is 0 Å². The zero-order chi connectivity index (χ0) is 25.3. The van der Waals surface area contributed by atoms with Crippen molar-refractivity contribution in [3.8, 4) is 0 Å². The molecule has 0 radical (unpaired) electrons. The van der Waals surface area contributed by atoms with Crippen LogP contribution in [-0.2, 0) is 14.2 Å². The van der Waals surface area contributed by atoms with E-state index in [-0.39, 0.29) is 16.4 Å². The van der Waals surface area contributed by atoms with Crippen molar-refractivity contribution in [2.75, 3.05) is 13.2 Å². The molecule has 8 N–H and O–H groups in total. The minimum Gasteiger partial charge on any atom is -0.394 e. The second kappa shape index (κ2) is 9.09. The molecule has 35 heavy (non-hydrogen) atoms. The van der Waals surface area contributed by atoms with Crippen LogP contribution in [0.25, 0.3) is 0 Å². The molecule has 4 saturated carbocycles. The molecule has 0 unspecified atom stereocenters. The molecular formula is C24H41NO10. The molecule has 0 aromatic carbocycles. The number of aliphatic hydroxyl groups excluding tert-OH is 7. The van der Waals surface area contributed by atoms with Gasteiger partial charge in [0.05, 0.1) is 13.2 Å². The number of hydrogen-bond acceptors (Lipinski definition) is 11. The van der Waals surface area contributed by atoms with Gasteiger partial charge in [-0.25, -0.2) is 0 Å². The van der Waals surface area contributed by atoms with Crippen LogP contribution in [0.3, 0.4) is 0 Å². The van der Waals surface area contributed by atoms with Crippen molar-refractivity contribution in [2.24, 2.45) is 16.7 Å². The summed E-state index contributed by atoms with van der Waals surface area (Å²) in [7, 11) is 0. The smallest absolute Gasteiger partial charge is 0.187 e. The largest absolute Gasteiger partial charge is 0.394 e. The fourth-order valence-electron chi connectivity index (χ4n) is 8.62. The Morgan fingerprint density at radius 3 is 1.94 bits per heavy atom. The van der Waals surface area contributed by atoms with Gasteiger partial charge in [0.15, 0.2) is 6.29 Å². The van der Waals surface area contributed by atoms with Gasteiger partial charge in [0.2, 0.25) is 0 Å². The molecule has 2 saturated heterocycles. The third kappa shape index (κ3) is 4.57. The fraction of sp³-hybridized carbons (Fsp3) is 1.00. The van der Waals surface area contributed by atoms with Crippen LogP contribution in [0.1, 0.15) is 52.4 Å². The lowest BCUT2D eigenvalue weighted by molar-refractivity contribution is -0.344. The number of aliphatic hydroxyl groups is 7. The van der Waals surface area contributed by atoms with Crippen molar-refractivity contribution >= 4 is 0 Å². The molecule has 0 aromatic heterocycles. The van der Waals surface area contributed by atoms with Crippen LogP contribution < -0.4 is 5.32 Å². The van der Waals surface area contributed by atoms with Gasteiger partial charge < -0.3 is 50.0 Å². The Bertz CT molecular complexity index is 763. The maximum atomic E-state index is 11.0. The maximum Gasteiger partial charge on any atom is 0.187 e. The van der Waals surface area contributed by atoms with Crippen LogP contribution in [-0.4, -0.2) is 116 Å². The molecule has 11 nitrogen and oxygen atoms in total. The highest BCUT2D eigenvalue weighted by Crippen LogP contribution is 2.66. The molecule has 2 aliphatic heterocycles. The van der Waals surface area contributed by atoms with Crippen molar-refractivity contribution in [3.05, 3.63) is 0 Å². The number of hydrogen-bond donors (Lipinski definition) is 8. The van der Waals surface area contributed by atoms with E-state index in [0.29, 0.717) is 5.92 Å². The van der Waals surface area contributed by atoms with Crippen LogP contribution in [0, 0.1) is 16.7 Å². The van der Waals surface area contributed by atoms with E-state index < -0.39 is 74.6 Å². The Morgan fingerprint density at radius 2 is 1.37 bits per heavy atom. The fourth-order valence-corrected chi connectivity index (χ4v) is 8.62. The van der Waals surface area contributed by atoms with Crippen LogP contribution in [0.15, 0.2) is 0 Å². The predicted molar refractivity (Wildman–Crippen MR) is 120 cm³/mol. The van der Waals surface area contributed by atoms with Gasteiger partial charge in [-0.15, -0.1) is 0 Å². The molecule has 202 valence electrons. The summed E-state index contributed by atoms with van der Waals surface area (Å²) in [5, 5.41) is 75.3. The Morgan fingerprint density at radius 1 is 0.743 bits per heavy atom. The molecule has 4 bridgehead atoms. The lowest BCUT2D eigenvalue weighted by Gasteiger charge is -2.66. The van der Waals surface area contributed by atoms with E-state index in [1.54, 1.807) is 0 Å². The standard InChI is InChI=1S/C24H41NO10/c1-22-3-11-4-23(2,8-22)10-24(5-11,9-22)25-20-17(31)16(30)19(13(7-27)33-20)35-21-18(32)15(29)14(28)12(6-26)34-21/h11-21,25-32H,3-10H2,1-2H3/t11?,12-,13-,14-,15-,16+,17+,18+,19+,20+,21-,22+,23+,24?/m0/s1. The van der Waals surface area contributed by atoms with Crippen LogP contribution in [0.4, 0.5) is 0 Å². The van der Waals surface area contributed by atoms with Gasteiger partial charge in [0, 0.05) is 5.54 Å². The van der Waals surface area contributed by atoms with Gasteiger partial charge in [-0.2, -0.15) is 0 Å². The first-order valence-corrected chi connectivity index (χ1v) is 12.8. The van der Waals surface area contributed by atoms with Crippen molar-refractivity contribution in [1.29, 1.82) is 0 Å². The average molecular weight is 504 g/mol. The monoisotopic (exact) mass is 503 g/mol. The molecule has 12 atom stereocenters. The van der Waals surface area contributed by atoms with E-state index in [1.165, 1.54) is 19.3 Å².